The molecular formula is C11H9NO3. The number of hydrogen-bond acceptors (Lipinski definition) is 3. The van der Waals surface area contributed by atoms with Crippen LogP contribution in [0.3, 0.4) is 0 Å². The lowest BCUT2D eigenvalue weighted by Gasteiger charge is -1.94. The molecule has 0 saturated carbocycles. The molecule has 76 valence electrons. The molecule has 0 aliphatic rings. The summed E-state index contributed by atoms with van der Waals surface area (Å²) in [5, 5.41) is 0.712. The highest BCUT2D eigenvalue weighted by Crippen LogP contribution is 2.21. The Hall–Kier alpha value is -2.10. The summed E-state index contributed by atoms with van der Waals surface area (Å²) in [4.78, 5) is 22.2. The van der Waals surface area contributed by atoms with Gasteiger partial charge in [0.05, 0.1) is 12.0 Å². The van der Waals surface area contributed by atoms with Gasteiger partial charge in [0.2, 0.25) is 5.91 Å². The van der Waals surface area contributed by atoms with Crippen molar-refractivity contribution >= 4 is 22.7 Å². The van der Waals surface area contributed by atoms with Gasteiger partial charge in [-0.1, -0.05) is 18.2 Å². The molecule has 2 N–H and O–H groups in total. The zero-order valence-electron chi connectivity index (χ0n) is 7.90. The van der Waals surface area contributed by atoms with Crippen molar-refractivity contribution in [1.29, 1.82) is 0 Å². The molecule has 0 saturated heterocycles. The minimum absolute atomic E-state index is 0.288. The number of carbonyl (C=O) groups excluding carboxylic acids is 2. The van der Waals surface area contributed by atoms with Crippen LogP contribution in [0.4, 0.5) is 0 Å². The highest BCUT2D eigenvalue weighted by atomic mass is 16.3. The first kappa shape index (κ1) is 9.45. The van der Waals surface area contributed by atoms with E-state index in [1.807, 2.05) is 6.07 Å². The minimum Gasteiger partial charge on any atom is -0.464 e. The average Bonchev–Trinajstić information content (AvgIpc) is 2.59. The fourth-order valence-electron chi connectivity index (χ4n) is 1.45. The van der Waals surface area contributed by atoms with Crippen molar-refractivity contribution in [3.63, 3.8) is 0 Å². The number of Topliss-reactive ketones (excluding diaryl/α,β-unsaturated/α-hetero) is 1. The highest BCUT2D eigenvalue weighted by molar-refractivity contribution is 6.13. The van der Waals surface area contributed by atoms with Gasteiger partial charge >= 0.3 is 0 Å². The van der Waals surface area contributed by atoms with Gasteiger partial charge < -0.3 is 10.2 Å². The number of furan rings is 1. The number of fused-ring (bicyclic) bond motifs is 1. The number of amides is 1. The summed E-state index contributed by atoms with van der Waals surface area (Å²) in [7, 11) is 0. The molecule has 2 aromatic rings. The molecule has 0 atom stereocenters. The van der Waals surface area contributed by atoms with Crippen molar-refractivity contribution in [2.75, 3.05) is 0 Å². The fourth-order valence-corrected chi connectivity index (χ4v) is 1.45. The van der Waals surface area contributed by atoms with Gasteiger partial charge in [0.15, 0.2) is 5.78 Å². The summed E-state index contributed by atoms with van der Waals surface area (Å²) in [5.74, 6) is -0.947. The SMILES string of the molecule is NC(=O)CC(=O)c1coc2ccccc12. The largest absolute Gasteiger partial charge is 0.464 e. The Labute approximate surface area is 85.7 Å². The summed E-state index contributed by atoms with van der Waals surface area (Å²) >= 11 is 0. The maximum absolute atomic E-state index is 11.6. The van der Waals surface area contributed by atoms with Crippen LogP contribution in [-0.2, 0) is 4.79 Å². The highest BCUT2D eigenvalue weighted by Gasteiger charge is 2.14. The smallest absolute Gasteiger partial charge is 0.225 e. The van der Waals surface area contributed by atoms with E-state index in [0.29, 0.717) is 16.5 Å². The molecule has 1 aromatic carbocycles. The normalized spacial score (nSPS) is 10.4. The van der Waals surface area contributed by atoms with E-state index in [1.165, 1.54) is 6.26 Å². The maximum atomic E-state index is 11.6. The lowest BCUT2D eigenvalue weighted by molar-refractivity contribution is -0.117. The Morgan fingerprint density at radius 1 is 1.27 bits per heavy atom. The van der Waals surface area contributed by atoms with Crippen LogP contribution in [-0.4, -0.2) is 11.7 Å². The average molecular weight is 203 g/mol. The van der Waals surface area contributed by atoms with Crippen molar-refractivity contribution in [1.82, 2.24) is 0 Å². The second-order valence-corrected chi connectivity index (χ2v) is 3.21. The van der Waals surface area contributed by atoms with Crippen LogP contribution in [0.2, 0.25) is 0 Å². The second-order valence-electron chi connectivity index (χ2n) is 3.21. The number of hydrogen-bond donors (Lipinski definition) is 1. The Balaban J connectivity index is 2.44. The van der Waals surface area contributed by atoms with Crippen molar-refractivity contribution in [2.24, 2.45) is 5.73 Å². The van der Waals surface area contributed by atoms with E-state index in [4.69, 9.17) is 10.2 Å². The van der Waals surface area contributed by atoms with Crippen LogP contribution in [0, 0.1) is 0 Å². The Morgan fingerprint density at radius 3 is 2.73 bits per heavy atom. The van der Waals surface area contributed by atoms with E-state index in [2.05, 4.69) is 0 Å². The molecule has 4 heteroatoms. The number of rotatable bonds is 3. The summed E-state index contributed by atoms with van der Waals surface area (Å²) in [6, 6.07) is 7.15. The van der Waals surface area contributed by atoms with Gasteiger partial charge in [0, 0.05) is 5.39 Å². The molecule has 1 amide bonds. The van der Waals surface area contributed by atoms with Crippen LogP contribution in [0.25, 0.3) is 11.0 Å². The first-order chi connectivity index (χ1) is 7.18. The van der Waals surface area contributed by atoms with Gasteiger partial charge in [-0.25, -0.2) is 0 Å². The third kappa shape index (κ3) is 1.74. The summed E-state index contributed by atoms with van der Waals surface area (Å²) in [6.07, 6.45) is 1.07. The van der Waals surface area contributed by atoms with Crippen LogP contribution in [0.5, 0.6) is 0 Å². The summed E-state index contributed by atoms with van der Waals surface area (Å²) < 4.78 is 5.18. The van der Waals surface area contributed by atoms with Crippen LogP contribution in [0.1, 0.15) is 16.8 Å². The molecule has 1 aromatic heterocycles. The molecule has 0 aliphatic heterocycles. The number of nitrogens with two attached hydrogens (primary N) is 1. The first-order valence-electron chi connectivity index (χ1n) is 4.46. The number of ketones is 1. The Morgan fingerprint density at radius 2 is 2.00 bits per heavy atom. The lowest BCUT2D eigenvalue weighted by atomic mass is 10.1. The van der Waals surface area contributed by atoms with Crippen molar-refractivity contribution in [3.05, 3.63) is 36.1 Å². The van der Waals surface area contributed by atoms with Gasteiger partial charge in [0.1, 0.15) is 11.8 Å². The standard InChI is InChI=1S/C11H9NO3/c12-11(14)5-9(13)8-6-15-10-4-2-1-3-7(8)10/h1-4,6H,5H2,(H2,12,14). The zero-order chi connectivity index (χ0) is 10.8. The second kappa shape index (κ2) is 3.57. The maximum Gasteiger partial charge on any atom is 0.225 e. The van der Waals surface area contributed by atoms with Gasteiger partial charge in [-0.3, -0.25) is 9.59 Å². The van der Waals surface area contributed by atoms with E-state index >= 15 is 0 Å². The number of benzene rings is 1. The van der Waals surface area contributed by atoms with Gasteiger partial charge in [-0.2, -0.15) is 0 Å². The molecule has 0 bridgehead atoms. The minimum atomic E-state index is -0.634. The van der Waals surface area contributed by atoms with Gasteiger partial charge in [-0.05, 0) is 6.07 Å². The van der Waals surface area contributed by atoms with E-state index in [9.17, 15) is 9.59 Å². The van der Waals surface area contributed by atoms with E-state index in [-0.39, 0.29) is 12.2 Å². The van der Waals surface area contributed by atoms with Crippen LogP contribution >= 0.6 is 0 Å². The number of primary amides is 1. The van der Waals surface area contributed by atoms with Crippen LogP contribution in [0.15, 0.2) is 34.9 Å². The quantitative estimate of drug-likeness (QED) is 0.606. The zero-order valence-corrected chi connectivity index (χ0v) is 7.90. The molecule has 15 heavy (non-hydrogen) atoms. The molecule has 0 aliphatic carbocycles. The number of para-hydroxylation sites is 1. The predicted octanol–water partition coefficient (Wildman–Crippen LogP) is 1.49. The van der Waals surface area contributed by atoms with Crippen molar-refractivity contribution in [3.8, 4) is 0 Å². The predicted molar refractivity (Wildman–Crippen MR) is 54.4 cm³/mol. The van der Waals surface area contributed by atoms with Crippen LogP contribution < -0.4 is 5.73 Å². The molecule has 0 fully saturated rings. The van der Waals surface area contributed by atoms with E-state index < -0.39 is 5.91 Å². The summed E-state index contributed by atoms with van der Waals surface area (Å²) in [5.41, 5.74) is 5.99. The van der Waals surface area contributed by atoms with Gasteiger partial charge in [0.25, 0.3) is 0 Å². The number of carbonyl (C=O) groups is 2. The molecule has 0 unspecified atom stereocenters. The first-order valence-corrected chi connectivity index (χ1v) is 4.46. The Bertz CT molecular complexity index is 527. The van der Waals surface area contributed by atoms with E-state index in [1.54, 1.807) is 18.2 Å². The Kier molecular flexibility index (Phi) is 2.25. The molecule has 0 spiro atoms. The van der Waals surface area contributed by atoms with Crippen molar-refractivity contribution in [2.45, 2.75) is 6.42 Å². The molecule has 4 nitrogen and oxygen atoms in total. The monoisotopic (exact) mass is 203 g/mol. The summed E-state index contributed by atoms with van der Waals surface area (Å²) in [6.45, 7) is 0. The third-order valence-electron chi connectivity index (χ3n) is 2.12. The van der Waals surface area contributed by atoms with Gasteiger partial charge in [-0.15, -0.1) is 0 Å². The molecular weight excluding hydrogens is 194 g/mol. The third-order valence-corrected chi connectivity index (χ3v) is 2.12. The fraction of sp³-hybridized carbons (Fsp3) is 0.0909. The van der Waals surface area contributed by atoms with Crippen molar-refractivity contribution < 1.29 is 14.0 Å². The topological polar surface area (TPSA) is 73.3 Å². The van der Waals surface area contributed by atoms with E-state index in [0.717, 1.165) is 0 Å². The molecule has 1 heterocycles. The molecule has 2 rings (SSSR count). The molecule has 0 radical (unpaired) electrons. The lowest BCUT2D eigenvalue weighted by Crippen LogP contribution is -2.15.